The van der Waals surface area contributed by atoms with Crippen LogP contribution < -0.4 is 0 Å². The molecule has 0 radical (unpaired) electrons. The van der Waals surface area contributed by atoms with Gasteiger partial charge in [0, 0.05) is 44.3 Å². The minimum Gasteiger partial charge on any atom is -0.475 e. The van der Waals surface area contributed by atoms with E-state index in [-0.39, 0.29) is 5.60 Å². The molecule has 4 heterocycles. The minimum absolute atomic E-state index is 0.0314. The highest BCUT2D eigenvalue weighted by Crippen LogP contribution is 2.30. The van der Waals surface area contributed by atoms with Crippen molar-refractivity contribution in [2.45, 2.75) is 50.8 Å². The van der Waals surface area contributed by atoms with Gasteiger partial charge in [-0.3, -0.25) is 14.8 Å². The molecule has 1 spiro atoms. The van der Waals surface area contributed by atoms with Gasteiger partial charge in [0.1, 0.15) is 0 Å². The van der Waals surface area contributed by atoms with E-state index in [9.17, 15) is 26.3 Å². The summed E-state index contributed by atoms with van der Waals surface area (Å²) < 4.78 is 69.8. The van der Waals surface area contributed by atoms with Gasteiger partial charge in [-0.2, -0.15) is 26.3 Å². The summed E-state index contributed by atoms with van der Waals surface area (Å²) in [6.45, 7) is 8.87. The summed E-state index contributed by atoms with van der Waals surface area (Å²) in [5, 5.41) is 17.6. The normalized spacial score (nSPS) is 20.4. The van der Waals surface area contributed by atoms with Crippen LogP contribution in [-0.2, 0) is 27.4 Å². The summed E-state index contributed by atoms with van der Waals surface area (Å²) in [6.07, 6.45) is -5.94. The van der Waals surface area contributed by atoms with Crippen LogP contribution in [0.3, 0.4) is 0 Å². The molecule has 2 saturated heterocycles. The van der Waals surface area contributed by atoms with E-state index in [0.717, 1.165) is 63.0 Å². The van der Waals surface area contributed by atoms with Crippen molar-refractivity contribution in [3.8, 4) is 0 Å². The van der Waals surface area contributed by atoms with Crippen LogP contribution in [0.5, 0.6) is 0 Å². The number of carbonyl (C=O) groups is 2. The van der Waals surface area contributed by atoms with E-state index in [2.05, 4.69) is 44.2 Å². The summed E-state index contributed by atoms with van der Waals surface area (Å²) in [4.78, 5) is 31.9. The van der Waals surface area contributed by atoms with E-state index in [1.807, 2.05) is 12.3 Å². The van der Waals surface area contributed by atoms with E-state index in [1.54, 1.807) is 11.3 Å². The molecule has 2 N–H and O–H groups in total. The topological polar surface area (TPSA) is 116 Å². The third-order valence-electron chi connectivity index (χ3n) is 5.59. The van der Waals surface area contributed by atoms with E-state index in [4.69, 9.17) is 24.5 Å². The number of piperidine rings is 1. The van der Waals surface area contributed by atoms with Crippen LogP contribution in [0.15, 0.2) is 29.8 Å². The molecule has 1 unspecified atom stereocenters. The fourth-order valence-electron chi connectivity index (χ4n) is 4.06. The highest BCUT2D eigenvalue weighted by atomic mass is 32.1. The monoisotopic (exact) mass is 586 g/mol. The Balaban J connectivity index is 0.000000317. The Hall–Kier alpha value is -2.82. The molecular weight excluding hydrogens is 558 g/mol. The van der Waals surface area contributed by atoms with Gasteiger partial charge in [-0.05, 0) is 38.4 Å². The average molecular weight is 587 g/mol. The lowest BCUT2D eigenvalue weighted by atomic mass is 9.90. The van der Waals surface area contributed by atoms with Crippen LogP contribution in [0.1, 0.15) is 29.2 Å². The van der Waals surface area contributed by atoms with Crippen molar-refractivity contribution in [2.24, 2.45) is 0 Å². The summed E-state index contributed by atoms with van der Waals surface area (Å²) in [7, 11) is 0. The van der Waals surface area contributed by atoms with Crippen molar-refractivity contribution in [3.63, 3.8) is 0 Å². The number of carboxylic acids is 2. The van der Waals surface area contributed by atoms with Gasteiger partial charge in [-0.25, -0.2) is 14.6 Å². The standard InChI is InChI=1S/C19H26N4OS.2C2HF3O2/c1-16-21-18(13-25-16)12-22-8-4-6-19(14-22)15-23(9-10-24-19)11-17-5-2-3-7-20-17;2*3-2(4,5)1(6)7/h2-3,5,7,13H,4,6,8-12,14-15H2,1H3;2*(H,6,7). The number of aromatic nitrogens is 2. The number of morpholine rings is 1. The number of pyridine rings is 1. The molecule has 0 amide bonds. The van der Waals surface area contributed by atoms with Crippen molar-refractivity contribution in [3.05, 3.63) is 46.2 Å². The Kier molecular flexibility index (Phi) is 11.6. The largest absolute Gasteiger partial charge is 0.490 e. The van der Waals surface area contributed by atoms with Gasteiger partial charge in [0.2, 0.25) is 0 Å². The van der Waals surface area contributed by atoms with Gasteiger partial charge in [-0.1, -0.05) is 6.07 Å². The fourth-order valence-corrected chi connectivity index (χ4v) is 4.67. The molecule has 1 atom stereocenters. The van der Waals surface area contributed by atoms with Crippen LogP contribution in [0.2, 0.25) is 0 Å². The number of hydrogen-bond acceptors (Lipinski definition) is 8. The predicted octanol–water partition coefficient (Wildman–Crippen LogP) is 3.98. The molecule has 9 nitrogen and oxygen atoms in total. The van der Waals surface area contributed by atoms with E-state index < -0.39 is 24.3 Å². The number of alkyl halides is 6. The second kappa shape index (κ2) is 14.0. The molecule has 0 aromatic carbocycles. The summed E-state index contributed by atoms with van der Waals surface area (Å²) >= 11 is 1.74. The third kappa shape index (κ3) is 11.4. The summed E-state index contributed by atoms with van der Waals surface area (Å²) in [5.74, 6) is -5.51. The molecule has 218 valence electrons. The summed E-state index contributed by atoms with van der Waals surface area (Å²) in [5.41, 5.74) is 2.31. The average Bonchev–Trinajstić information content (AvgIpc) is 3.24. The Labute approximate surface area is 224 Å². The van der Waals surface area contributed by atoms with Gasteiger partial charge in [-0.15, -0.1) is 11.3 Å². The van der Waals surface area contributed by atoms with Crippen LogP contribution in [0.25, 0.3) is 0 Å². The van der Waals surface area contributed by atoms with Crippen LogP contribution >= 0.6 is 11.3 Å². The maximum absolute atomic E-state index is 10.6. The molecule has 0 saturated carbocycles. The molecule has 2 aliphatic heterocycles. The zero-order valence-electron chi connectivity index (χ0n) is 20.8. The van der Waals surface area contributed by atoms with Crippen molar-refractivity contribution >= 4 is 23.3 Å². The lowest BCUT2D eigenvalue weighted by molar-refractivity contribution is -0.193. The molecule has 2 fully saturated rings. The molecule has 16 heteroatoms. The first-order valence-corrected chi connectivity index (χ1v) is 12.5. The number of rotatable bonds is 4. The Morgan fingerprint density at radius 1 is 1.00 bits per heavy atom. The fraction of sp³-hybridized carbons (Fsp3) is 0.565. The second-order valence-electron chi connectivity index (χ2n) is 8.84. The first-order valence-electron chi connectivity index (χ1n) is 11.6. The zero-order valence-corrected chi connectivity index (χ0v) is 21.7. The van der Waals surface area contributed by atoms with Crippen LogP contribution in [-0.4, -0.2) is 92.7 Å². The highest BCUT2D eigenvalue weighted by Gasteiger charge is 2.41. The number of ether oxygens (including phenoxy) is 1. The first-order chi connectivity index (χ1) is 18.1. The van der Waals surface area contributed by atoms with E-state index in [0.29, 0.717) is 0 Å². The van der Waals surface area contributed by atoms with Gasteiger partial charge >= 0.3 is 24.3 Å². The van der Waals surface area contributed by atoms with E-state index >= 15 is 0 Å². The molecular formula is C23H28F6N4O5S. The lowest BCUT2D eigenvalue weighted by Gasteiger charge is -2.48. The molecule has 39 heavy (non-hydrogen) atoms. The van der Waals surface area contributed by atoms with Gasteiger partial charge < -0.3 is 14.9 Å². The predicted molar refractivity (Wildman–Crippen MR) is 127 cm³/mol. The van der Waals surface area contributed by atoms with Crippen LogP contribution in [0.4, 0.5) is 26.3 Å². The SMILES string of the molecule is Cc1nc(CN2CCCC3(CN(Cc4ccccn4)CCO3)C2)cs1.O=C(O)C(F)(F)F.O=C(O)C(F)(F)F. The van der Waals surface area contributed by atoms with Gasteiger partial charge in [0.15, 0.2) is 0 Å². The molecule has 2 aliphatic rings. The number of aryl methyl sites for hydroxylation is 1. The van der Waals surface area contributed by atoms with Gasteiger partial charge in [0.05, 0.1) is 28.6 Å². The number of hydrogen-bond donors (Lipinski definition) is 2. The molecule has 0 aliphatic carbocycles. The Morgan fingerprint density at radius 3 is 2.05 bits per heavy atom. The van der Waals surface area contributed by atoms with E-state index in [1.165, 1.54) is 12.1 Å². The Bertz CT molecular complexity index is 1040. The number of nitrogens with zero attached hydrogens (tertiary/aromatic N) is 4. The van der Waals surface area contributed by atoms with Crippen molar-refractivity contribution in [1.29, 1.82) is 0 Å². The second-order valence-corrected chi connectivity index (χ2v) is 9.90. The van der Waals surface area contributed by atoms with Crippen molar-refractivity contribution < 1.29 is 50.9 Å². The van der Waals surface area contributed by atoms with Gasteiger partial charge in [0.25, 0.3) is 0 Å². The number of likely N-dealkylation sites (tertiary alicyclic amines) is 1. The molecule has 2 aromatic rings. The first kappa shape index (κ1) is 32.4. The quantitative estimate of drug-likeness (QED) is 0.514. The zero-order chi connectivity index (χ0) is 29.3. The molecule has 4 rings (SSSR count). The number of aliphatic carboxylic acids is 2. The lowest BCUT2D eigenvalue weighted by Crippen LogP contribution is -2.59. The van der Waals surface area contributed by atoms with Crippen LogP contribution in [0, 0.1) is 6.92 Å². The minimum atomic E-state index is -5.08. The molecule has 2 aromatic heterocycles. The maximum atomic E-state index is 10.6. The summed E-state index contributed by atoms with van der Waals surface area (Å²) in [6, 6.07) is 6.15. The number of carboxylic acid groups (broad SMARTS) is 2. The number of halogens is 6. The smallest absolute Gasteiger partial charge is 0.475 e. The third-order valence-corrected chi connectivity index (χ3v) is 6.42. The highest BCUT2D eigenvalue weighted by molar-refractivity contribution is 7.09. The van der Waals surface area contributed by atoms with Crippen molar-refractivity contribution in [1.82, 2.24) is 19.8 Å². The van der Waals surface area contributed by atoms with Crippen molar-refractivity contribution in [2.75, 3.05) is 32.8 Å². The molecule has 0 bridgehead atoms. The number of thiazole rings is 1. The Morgan fingerprint density at radius 2 is 1.56 bits per heavy atom. The maximum Gasteiger partial charge on any atom is 0.490 e.